The van der Waals surface area contributed by atoms with Crippen LogP contribution in [0.25, 0.3) is 6.08 Å². The molecule has 2 aromatic rings. The Morgan fingerprint density at radius 3 is 2.41 bits per heavy atom. The van der Waals surface area contributed by atoms with Gasteiger partial charge in [0.1, 0.15) is 5.75 Å². The third-order valence-corrected chi connectivity index (χ3v) is 3.72. The van der Waals surface area contributed by atoms with Crippen LogP contribution in [0, 0.1) is 0 Å². The minimum atomic E-state index is -0.624. The fraction of sp³-hybridized carbons (Fsp3) is 0.143. The summed E-state index contributed by atoms with van der Waals surface area (Å²) in [5.41, 5.74) is 1.16. The van der Waals surface area contributed by atoms with Crippen molar-refractivity contribution in [3.63, 3.8) is 0 Å². The second kappa shape index (κ2) is 8.39. The van der Waals surface area contributed by atoms with E-state index < -0.39 is 17.9 Å². The first kappa shape index (κ1) is 19.8. The van der Waals surface area contributed by atoms with E-state index in [1.807, 2.05) is 0 Å². The molecule has 8 nitrogen and oxygen atoms in total. The maximum absolute atomic E-state index is 12.2. The lowest BCUT2D eigenvalue weighted by molar-refractivity contribution is -0.134. The minimum Gasteiger partial charge on any atom is -0.497 e. The fourth-order valence-electron chi connectivity index (χ4n) is 2.53. The Labute approximate surface area is 166 Å². The summed E-state index contributed by atoms with van der Waals surface area (Å²) in [5, 5.41) is 0. The van der Waals surface area contributed by atoms with Crippen molar-refractivity contribution in [3.8, 4) is 17.2 Å². The Balaban J connectivity index is 1.93. The zero-order valence-electron chi connectivity index (χ0n) is 15.9. The van der Waals surface area contributed by atoms with Gasteiger partial charge in [-0.15, -0.1) is 0 Å². The first-order valence-electron chi connectivity index (χ1n) is 8.53. The van der Waals surface area contributed by atoms with E-state index in [1.54, 1.807) is 30.3 Å². The van der Waals surface area contributed by atoms with Crippen molar-refractivity contribution in [2.75, 3.05) is 7.11 Å². The van der Waals surface area contributed by atoms with Crippen LogP contribution in [-0.4, -0.2) is 30.9 Å². The molecule has 1 aliphatic heterocycles. The molecule has 0 spiro atoms. The van der Waals surface area contributed by atoms with Crippen LogP contribution in [0.3, 0.4) is 0 Å². The summed E-state index contributed by atoms with van der Waals surface area (Å²) in [6, 6.07) is 11.5. The van der Waals surface area contributed by atoms with E-state index in [4.69, 9.17) is 18.9 Å². The molecule has 0 saturated carbocycles. The summed E-state index contributed by atoms with van der Waals surface area (Å²) in [6.07, 6.45) is 1.47. The highest BCUT2D eigenvalue weighted by Gasteiger charge is 2.24. The smallest absolute Gasteiger partial charge is 0.363 e. The lowest BCUT2D eigenvalue weighted by atomic mass is 10.1. The number of aliphatic imine (C=N–C) groups is 1. The number of rotatable bonds is 5. The van der Waals surface area contributed by atoms with E-state index >= 15 is 0 Å². The quantitative estimate of drug-likeness (QED) is 0.436. The highest BCUT2D eigenvalue weighted by atomic mass is 16.6. The van der Waals surface area contributed by atoms with E-state index in [-0.39, 0.29) is 23.1 Å². The van der Waals surface area contributed by atoms with Crippen LogP contribution in [0.15, 0.2) is 53.2 Å². The molecule has 1 heterocycles. The van der Waals surface area contributed by atoms with Gasteiger partial charge in [0.05, 0.1) is 7.11 Å². The highest BCUT2D eigenvalue weighted by molar-refractivity contribution is 6.13. The van der Waals surface area contributed by atoms with E-state index in [2.05, 4.69) is 4.99 Å². The molecule has 0 radical (unpaired) electrons. The van der Waals surface area contributed by atoms with Crippen LogP contribution in [0.1, 0.15) is 25.0 Å². The van der Waals surface area contributed by atoms with Gasteiger partial charge < -0.3 is 18.9 Å². The predicted molar refractivity (Wildman–Crippen MR) is 103 cm³/mol. The van der Waals surface area contributed by atoms with Gasteiger partial charge in [0.25, 0.3) is 0 Å². The number of hydrogen-bond acceptors (Lipinski definition) is 8. The van der Waals surface area contributed by atoms with Crippen molar-refractivity contribution < 1.29 is 33.3 Å². The molecule has 0 N–H and O–H groups in total. The van der Waals surface area contributed by atoms with Crippen molar-refractivity contribution in [1.29, 1.82) is 0 Å². The third kappa shape index (κ3) is 4.86. The normalized spacial score (nSPS) is 14.2. The van der Waals surface area contributed by atoms with Crippen LogP contribution in [0.2, 0.25) is 0 Å². The van der Waals surface area contributed by atoms with Crippen molar-refractivity contribution in [3.05, 3.63) is 59.3 Å². The van der Waals surface area contributed by atoms with Crippen LogP contribution < -0.4 is 14.2 Å². The molecule has 0 aliphatic carbocycles. The monoisotopic (exact) mass is 395 g/mol. The lowest BCUT2D eigenvalue weighted by Crippen LogP contribution is -2.07. The van der Waals surface area contributed by atoms with Gasteiger partial charge in [-0.25, -0.2) is 9.79 Å². The van der Waals surface area contributed by atoms with Gasteiger partial charge in [-0.3, -0.25) is 9.59 Å². The maximum atomic E-state index is 12.2. The van der Waals surface area contributed by atoms with Gasteiger partial charge in [-0.1, -0.05) is 12.1 Å². The fourth-order valence-corrected chi connectivity index (χ4v) is 2.53. The largest absolute Gasteiger partial charge is 0.497 e. The molecule has 0 saturated heterocycles. The van der Waals surface area contributed by atoms with Crippen LogP contribution in [0.4, 0.5) is 0 Å². The summed E-state index contributed by atoms with van der Waals surface area (Å²) in [4.78, 5) is 39.0. The summed E-state index contributed by atoms with van der Waals surface area (Å²) in [5.74, 6) is -0.878. The topological polar surface area (TPSA) is 100 Å². The average molecular weight is 395 g/mol. The van der Waals surface area contributed by atoms with Gasteiger partial charge in [-0.05, 0) is 42.0 Å². The van der Waals surface area contributed by atoms with E-state index in [0.29, 0.717) is 16.9 Å². The number of nitrogens with zero attached hydrogens (tertiary/aromatic N) is 1. The number of hydrogen-bond donors (Lipinski definition) is 0. The molecule has 0 bridgehead atoms. The first-order chi connectivity index (χ1) is 13.9. The zero-order chi connectivity index (χ0) is 21.0. The molecule has 0 fully saturated rings. The highest BCUT2D eigenvalue weighted by Crippen LogP contribution is 2.30. The van der Waals surface area contributed by atoms with E-state index in [0.717, 1.165) is 0 Å². The lowest BCUT2D eigenvalue weighted by Gasteiger charge is -2.09. The van der Waals surface area contributed by atoms with Gasteiger partial charge in [0.2, 0.25) is 5.90 Å². The second-order valence-electron chi connectivity index (χ2n) is 5.96. The molecule has 0 atom stereocenters. The number of carbonyl (C=O) groups excluding carboxylic acids is 3. The Morgan fingerprint density at radius 2 is 1.72 bits per heavy atom. The number of methoxy groups -OCH3 is 1. The molecule has 3 rings (SSSR count). The zero-order valence-corrected chi connectivity index (χ0v) is 15.9. The Hall–Kier alpha value is -3.94. The molecule has 8 heteroatoms. The molecule has 1 aliphatic rings. The third-order valence-electron chi connectivity index (χ3n) is 3.72. The first-order valence-corrected chi connectivity index (χ1v) is 8.53. The van der Waals surface area contributed by atoms with Gasteiger partial charge in [-0.2, -0.15) is 0 Å². The number of carbonyl (C=O) groups is 3. The second-order valence-corrected chi connectivity index (χ2v) is 5.96. The number of benzene rings is 2. The van der Waals surface area contributed by atoms with Gasteiger partial charge in [0, 0.05) is 19.4 Å². The molecular formula is C21H17NO7. The van der Waals surface area contributed by atoms with Gasteiger partial charge >= 0.3 is 17.9 Å². The van der Waals surface area contributed by atoms with Crippen molar-refractivity contribution in [1.82, 2.24) is 0 Å². The summed E-state index contributed by atoms with van der Waals surface area (Å²) in [7, 11) is 1.53. The van der Waals surface area contributed by atoms with E-state index in [9.17, 15) is 14.4 Å². The molecule has 0 unspecified atom stereocenters. The Bertz CT molecular complexity index is 1050. The summed E-state index contributed by atoms with van der Waals surface area (Å²) in [6.45, 7) is 2.46. The van der Waals surface area contributed by atoms with Crippen molar-refractivity contribution in [2.24, 2.45) is 4.99 Å². The molecule has 0 amide bonds. The molecular weight excluding hydrogens is 378 g/mol. The molecule has 0 aromatic heterocycles. The van der Waals surface area contributed by atoms with Crippen molar-refractivity contribution in [2.45, 2.75) is 13.8 Å². The minimum absolute atomic E-state index is 0.0467. The Kier molecular flexibility index (Phi) is 5.73. The predicted octanol–water partition coefficient (Wildman–Crippen LogP) is 2.89. The van der Waals surface area contributed by atoms with Crippen LogP contribution >= 0.6 is 0 Å². The molecule has 2 aromatic carbocycles. The average Bonchev–Trinajstić information content (AvgIpc) is 3.03. The summed E-state index contributed by atoms with van der Waals surface area (Å²) >= 11 is 0. The maximum Gasteiger partial charge on any atom is 0.363 e. The SMILES string of the molecule is COc1cccc(C2=N/C(=C\c3ccc(OC(C)=O)c(OC(C)=O)c3)C(=O)O2)c1. The standard InChI is InChI=1S/C21H17NO7/c1-12(23)27-18-8-7-14(10-19(18)28-13(2)24)9-17-21(25)29-20(22-17)15-5-4-6-16(11-15)26-3/h4-11H,1-3H3/b17-9-. The number of ether oxygens (including phenoxy) is 4. The number of esters is 3. The van der Waals surface area contributed by atoms with Gasteiger partial charge in [0.15, 0.2) is 17.2 Å². The summed E-state index contributed by atoms with van der Waals surface area (Å²) < 4.78 is 20.5. The van der Waals surface area contributed by atoms with E-state index in [1.165, 1.54) is 39.2 Å². The Morgan fingerprint density at radius 1 is 1.00 bits per heavy atom. The van der Waals surface area contributed by atoms with Crippen LogP contribution in [0.5, 0.6) is 17.2 Å². The molecule has 148 valence electrons. The van der Waals surface area contributed by atoms with Crippen molar-refractivity contribution >= 4 is 29.9 Å². The van der Waals surface area contributed by atoms with Crippen LogP contribution in [-0.2, 0) is 19.1 Å². The number of cyclic esters (lactones) is 1. The molecule has 29 heavy (non-hydrogen) atoms.